The number of rotatable bonds is 5. The van der Waals surface area contributed by atoms with E-state index in [1.54, 1.807) is 0 Å². The maximum absolute atomic E-state index is 13.0. The average molecular weight is 377 g/mol. The fourth-order valence-corrected chi connectivity index (χ4v) is 3.96. The third-order valence-corrected chi connectivity index (χ3v) is 5.51. The minimum Gasteiger partial charge on any atom is -0.486 e. The van der Waals surface area contributed by atoms with Gasteiger partial charge in [0.15, 0.2) is 0 Å². The fourth-order valence-electron chi connectivity index (χ4n) is 3.96. The summed E-state index contributed by atoms with van der Waals surface area (Å²) in [5.74, 6) is 1.75. The normalized spacial score (nSPS) is 17.1. The van der Waals surface area contributed by atoms with Crippen LogP contribution in [0.4, 0.5) is 0 Å². The summed E-state index contributed by atoms with van der Waals surface area (Å²) in [7, 11) is 0. The van der Waals surface area contributed by atoms with Crippen LogP contribution < -0.4 is 4.74 Å². The Bertz CT molecular complexity index is 979. The lowest BCUT2D eigenvalue weighted by Gasteiger charge is -2.33. The van der Waals surface area contributed by atoms with E-state index in [0.717, 1.165) is 47.6 Å². The van der Waals surface area contributed by atoms with Crippen molar-refractivity contribution in [3.63, 3.8) is 0 Å². The molecule has 1 aliphatic heterocycles. The second kappa shape index (κ2) is 8.05. The molecule has 146 valence electrons. The minimum absolute atomic E-state index is 0.159. The molecule has 1 atom stereocenters. The molecule has 28 heavy (non-hydrogen) atoms. The van der Waals surface area contributed by atoms with E-state index in [1.807, 2.05) is 64.9 Å². The Hall–Kier alpha value is -2.82. The number of amides is 1. The van der Waals surface area contributed by atoms with Crippen LogP contribution in [-0.2, 0) is 17.9 Å². The van der Waals surface area contributed by atoms with Gasteiger partial charge >= 0.3 is 0 Å². The highest BCUT2D eigenvalue weighted by Crippen LogP contribution is 2.21. The van der Waals surface area contributed by atoms with Crippen molar-refractivity contribution in [3.8, 4) is 5.75 Å². The zero-order valence-corrected chi connectivity index (χ0v) is 16.6. The van der Waals surface area contributed by atoms with Crippen LogP contribution in [0.3, 0.4) is 0 Å². The van der Waals surface area contributed by atoms with Crippen LogP contribution in [-0.4, -0.2) is 32.9 Å². The molecule has 2 aromatic carbocycles. The van der Waals surface area contributed by atoms with E-state index in [9.17, 15) is 4.79 Å². The maximum Gasteiger partial charge on any atom is 0.242 e. The molecule has 1 saturated heterocycles. The van der Waals surface area contributed by atoms with Gasteiger partial charge in [-0.05, 0) is 62.9 Å². The van der Waals surface area contributed by atoms with Gasteiger partial charge in [-0.1, -0.05) is 24.3 Å². The number of para-hydroxylation sites is 2. The van der Waals surface area contributed by atoms with Gasteiger partial charge in [0, 0.05) is 12.6 Å². The van der Waals surface area contributed by atoms with Crippen molar-refractivity contribution in [2.75, 3.05) is 6.54 Å². The number of carbonyl (C=O) groups excluding carboxylic acids is 1. The third kappa shape index (κ3) is 3.88. The van der Waals surface area contributed by atoms with Crippen LogP contribution in [0.15, 0.2) is 48.5 Å². The minimum atomic E-state index is 0.159. The van der Waals surface area contributed by atoms with Gasteiger partial charge in [0.05, 0.1) is 11.0 Å². The van der Waals surface area contributed by atoms with E-state index in [2.05, 4.69) is 6.92 Å². The Morgan fingerprint density at radius 1 is 1.18 bits per heavy atom. The number of imidazole rings is 1. The fraction of sp³-hybridized carbons (Fsp3) is 0.391. The van der Waals surface area contributed by atoms with E-state index in [1.165, 1.54) is 6.42 Å². The van der Waals surface area contributed by atoms with Gasteiger partial charge in [0.2, 0.25) is 5.91 Å². The van der Waals surface area contributed by atoms with Crippen molar-refractivity contribution < 1.29 is 9.53 Å². The van der Waals surface area contributed by atoms with Crippen molar-refractivity contribution in [2.24, 2.45) is 0 Å². The number of hydrogen-bond donors (Lipinski definition) is 0. The lowest BCUT2D eigenvalue weighted by atomic mass is 10.0. The highest BCUT2D eigenvalue weighted by Gasteiger charge is 2.24. The Kier molecular flexibility index (Phi) is 5.33. The molecule has 0 N–H and O–H groups in total. The molecule has 5 nitrogen and oxygen atoms in total. The monoisotopic (exact) mass is 377 g/mol. The number of carbonyl (C=O) groups is 1. The summed E-state index contributed by atoms with van der Waals surface area (Å²) < 4.78 is 7.99. The molecule has 1 aliphatic rings. The SMILES string of the molecule is Cc1cccc(OCc2nc3ccccc3n2CC(=O)N2CCCCC2C)c1. The van der Waals surface area contributed by atoms with Crippen LogP contribution in [0.5, 0.6) is 5.75 Å². The summed E-state index contributed by atoms with van der Waals surface area (Å²) >= 11 is 0. The standard InChI is InChI=1S/C23H27N3O2/c1-17-8-7-10-19(14-17)28-16-22-24-20-11-3-4-12-21(20)26(22)15-23(27)25-13-6-5-9-18(25)2/h3-4,7-8,10-12,14,18H,5-6,9,13,15-16H2,1-2H3. The van der Waals surface area contributed by atoms with Crippen LogP contribution in [0.25, 0.3) is 11.0 Å². The summed E-state index contributed by atoms with van der Waals surface area (Å²) in [6.45, 7) is 5.67. The van der Waals surface area contributed by atoms with Gasteiger partial charge in [-0.15, -0.1) is 0 Å². The molecule has 1 unspecified atom stereocenters. The van der Waals surface area contributed by atoms with Gasteiger partial charge in [-0.3, -0.25) is 4.79 Å². The molecule has 5 heteroatoms. The summed E-state index contributed by atoms with van der Waals surface area (Å²) in [6, 6.07) is 16.2. The van der Waals surface area contributed by atoms with Crippen molar-refractivity contribution >= 4 is 16.9 Å². The summed E-state index contributed by atoms with van der Waals surface area (Å²) in [6.07, 6.45) is 3.37. The number of ether oxygens (including phenoxy) is 1. The van der Waals surface area contributed by atoms with E-state index in [-0.39, 0.29) is 5.91 Å². The Balaban J connectivity index is 1.59. The molecule has 0 aliphatic carbocycles. The largest absolute Gasteiger partial charge is 0.486 e. The van der Waals surface area contributed by atoms with Gasteiger partial charge in [0.1, 0.15) is 24.7 Å². The molecular weight excluding hydrogens is 350 g/mol. The third-order valence-electron chi connectivity index (χ3n) is 5.51. The smallest absolute Gasteiger partial charge is 0.242 e. The topological polar surface area (TPSA) is 47.4 Å². The van der Waals surface area contributed by atoms with E-state index >= 15 is 0 Å². The Morgan fingerprint density at radius 3 is 2.86 bits per heavy atom. The summed E-state index contributed by atoms with van der Waals surface area (Å²) in [5.41, 5.74) is 3.02. The van der Waals surface area contributed by atoms with Crippen molar-refractivity contribution in [1.82, 2.24) is 14.5 Å². The number of benzene rings is 2. The quantitative estimate of drug-likeness (QED) is 0.665. The molecule has 1 fully saturated rings. The number of nitrogens with zero attached hydrogens (tertiary/aromatic N) is 3. The predicted octanol–water partition coefficient (Wildman–Crippen LogP) is 4.32. The van der Waals surface area contributed by atoms with E-state index in [4.69, 9.17) is 9.72 Å². The molecule has 4 rings (SSSR count). The predicted molar refractivity (Wildman–Crippen MR) is 110 cm³/mol. The number of aromatic nitrogens is 2. The van der Waals surface area contributed by atoms with Crippen LogP contribution in [0, 0.1) is 6.92 Å². The zero-order chi connectivity index (χ0) is 19.5. The molecule has 0 spiro atoms. The van der Waals surface area contributed by atoms with Crippen LogP contribution in [0.1, 0.15) is 37.6 Å². The highest BCUT2D eigenvalue weighted by atomic mass is 16.5. The first kappa shape index (κ1) is 18.5. The molecule has 0 radical (unpaired) electrons. The van der Waals surface area contributed by atoms with Crippen LogP contribution in [0.2, 0.25) is 0 Å². The first-order chi connectivity index (χ1) is 13.6. The summed E-state index contributed by atoms with van der Waals surface area (Å²) in [4.78, 5) is 19.8. The number of likely N-dealkylation sites (tertiary alicyclic amines) is 1. The molecule has 1 aromatic heterocycles. The second-order valence-corrected chi connectivity index (χ2v) is 7.64. The second-order valence-electron chi connectivity index (χ2n) is 7.64. The van der Waals surface area contributed by atoms with E-state index < -0.39 is 0 Å². The Morgan fingerprint density at radius 2 is 2.04 bits per heavy atom. The molecule has 1 amide bonds. The average Bonchev–Trinajstić information content (AvgIpc) is 3.04. The Labute approximate surface area is 165 Å². The van der Waals surface area contributed by atoms with Gasteiger partial charge in [0.25, 0.3) is 0 Å². The lowest BCUT2D eigenvalue weighted by molar-refractivity contribution is -0.135. The number of aryl methyl sites for hydroxylation is 1. The van der Waals surface area contributed by atoms with Gasteiger partial charge in [-0.2, -0.15) is 0 Å². The highest BCUT2D eigenvalue weighted by molar-refractivity contribution is 5.81. The summed E-state index contributed by atoms with van der Waals surface area (Å²) in [5, 5.41) is 0. The zero-order valence-electron chi connectivity index (χ0n) is 16.6. The van der Waals surface area contributed by atoms with Crippen molar-refractivity contribution in [2.45, 2.75) is 52.3 Å². The first-order valence-electron chi connectivity index (χ1n) is 10.0. The van der Waals surface area contributed by atoms with Crippen molar-refractivity contribution in [3.05, 3.63) is 59.9 Å². The lowest BCUT2D eigenvalue weighted by Crippen LogP contribution is -2.43. The molecular formula is C23H27N3O2. The number of fused-ring (bicyclic) bond motifs is 1. The number of piperidine rings is 1. The molecule has 3 aromatic rings. The van der Waals surface area contributed by atoms with E-state index in [0.29, 0.717) is 19.2 Å². The van der Waals surface area contributed by atoms with Gasteiger partial charge < -0.3 is 14.2 Å². The molecule has 0 saturated carbocycles. The maximum atomic E-state index is 13.0. The first-order valence-corrected chi connectivity index (χ1v) is 10.0. The molecule has 2 heterocycles. The van der Waals surface area contributed by atoms with Crippen LogP contribution >= 0.6 is 0 Å². The number of hydrogen-bond acceptors (Lipinski definition) is 3. The van der Waals surface area contributed by atoms with Gasteiger partial charge in [-0.25, -0.2) is 4.98 Å². The van der Waals surface area contributed by atoms with Crippen molar-refractivity contribution in [1.29, 1.82) is 0 Å². The molecule has 0 bridgehead atoms.